The van der Waals surface area contributed by atoms with Crippen LogP contribution in [0.4, 0.5) is 4.39 Å². The fraction of sp³-hybridized carbons (Fsp3) is 0.154. The first-order valence-corrected chi connectivity index (χ1v) is 6.70. The summed E-state index contributed by atoms with van der Waals surface area (Å²) in [4.78, 5) is 23.2. The van der Waals surface area contributed by atoms with Crippen LogP contribution < -0.4 is 4.87 Å². The molecule has 2 aromatic heterocycles. The zero-order chi connectivity index (χ0) is 15.0. The molecule has 0 aliphatic rings. The lowest BCUT2D eigenvalue weighted by Gasteiger charge is -1.97. The number of carbonyl (C=O) groups excluding carboxylic acids is 1. The molecule has 0 saturated carbocycles. The molecule has 0 amide bonds. The van der Waals surface area contributed by atoms with Gasteiger partial charge in [0.1, 0.15) is 6.29 Å². The number of benzene rings is 1. The second kappa shape index (κ2) is 5.23. The maximum absolute atomic E-state index is 13.8. The Morgan fingerprint density at radius 2 is 2.33 bits per heavy atom. The standard InChI is InChI=1S/C13H9FN2O4S/c1-19-6-8-4-16(13(18)21-8)12-9-2-7(5-17)3-10(14)11(9)20-15-12/h2-5H,6H2,1H3. The second-order valence-corrected chi connectivity index (χ2v) is 5.35. The van der Waals surface area contributed by atoms with Crippen molar-refractivity contribution in [3.8, 4) is 5.82 Å². The van der Waals surface area contributed by atoms with Gasteiger partial charge in [-0.3, -0.25) is 14.2 Å². The highest BCUT2D eigenvalue weighted by atomic mass is 32.1. The van der Waals surface area contributed by atoms with Crippen molar-refractivity contribution < 1.29 is 18.4 Å². The second-order valence-electron chi connectivity index (χ2n) is 4.27. The third-order valence-corrected chi connectivity index (χ3v) is 3.73. The Morgan fingerprint density at radius 1 is 1.52 bits per heavy atom. The lowest BCUT2D eigenvalue weighted by Crippen LogP contribution is -2.09. The lowest BCUT2D eigenvalue weighted by molar-refractivity contribution is 0.112. The van der Waals surface area contributed by atoms with E-state index in [4.69, 9.17) is 9.26 Å². The predicted octanol–water partition coefficient (Wildman–Crippen LogP) is 2.14. The van der Waals surface area contributed by atoms with Crippen molar-refractivity contribution in [1.82, 2.24) is 9.72 Å². The average molecular weight is 308 g/mol. The van der Waals surface area contributed by atoms with Crippen molar-refractivity contribution >= 4 is 28.6 Å². The van der Waals surface area contributed by atoms with Gasteiger partial charge in [0.2, 0.25) is 5.58 Å². The minimum atomic E-state index is -0.700. The molecule has 8 heteroatoms. The van der Waals surface area contributed by atoms with Crippen LogP contribution in [0.3, 0.4) is 0 Å². The molecule has 108 valence electrons. The molecule has 3 rings (SSSR count). The first kappa shape index (κ1) is 13.7. The number of hydrogen-bond donors (Lipinski definition) is 0. The van der Waals surface area contributed by atoms with E-state index in [1.165, 1.54) is 17.7 Å². The largest absolute Gasteiger partial charge is 0.379 e. The Hall–Kier alpha value is -2.32. The molecule has 0 unspecified atom stereocenters. The summed E-state index contributed by atoms with van der Waals surface area (Å²) < 4.78 is 24.9. The van der Waals surface area contributed by atoms with E-state index in [0.29, 0.717) is 11.2 Å². The third-order valence-electron chi connectivity index (χ3n) is 2.87. The summed E-state index contributed by atoms with van der Waals surface area (Å²) >= 11 is 0.997. The van der Waals surface area contributed by atoms with E-state index in [0.717, 1.165) is 17.4 Å². The molecule has 1 aromatic carbocycles. The number of aromatic nitrogens is 2. The number of carbonyl (C=O) groups is 1. The topological polar surface area (TPSA) is 74.3 Å². The molecule has 0 bridgehead atoms. The highest BCUT2D eigenvalue weighted by molar-refractivity contribution is 7.09. The van der Waals surface area contributed by atoms with Gasteiger partial charge in [-0.2, -0.15) is 0 Å². The van der Waals surface area contributed by atoms with Crippen LogP contribution >= 0.6 is 11.3 Å². The van der Waals surface area contributed by atoms with E-state index in [9.17, 15) is 14.0 Å². The monoisotopic (exact) mass is 308 g/mol. The summed E-state index contributed by atoms with van der Waals surface area (Å²) in [5, 5.41) is 4.00. The molecule has 0 aliphatic heterocycles. The summed E-state index contributed by atoms with van der Waals surface area (Å²) in [5.41, 5.74) is 0.0480. The van der Waals surface area contributed by atoms with Crippen LogP contribution in [0.5, 0.6) is 0 Å². The molecule has 0 N–H and O–H groups in total. The van der Waals surface area contributed by atoms with Crippen LogP contribution in [0.1, 0.15) is 15.2 Å². The van der Waals surface area contributed by atoms with Gasteiger partial charge in [0, 0.05) is 18.9 Å². The Morgan fingerprint density at radius 3 is 3.05 bits per heavy atom. The van der Waals surface area contributed by atoms with E-state index in [1.54, 1.807) is 6.20 Å². The molecule has 21 heavy (non-hydrogen) atoms. The van der Waals surface area contributed by atoms with Gasteiger partial charge in [-0.15, -0.1) is 0 Å². The van der Waals surface area contributed by atoms with Crippen molar-refractivity contribution in [3.63, 3.8) is 0 Å². The quantitative estimate of drug-likeness (QED) is 0.690. The number of methoxy groups -OCH3 is 1. The molecule has 0 radical (unpaired) electrons. The normalized spacial score (nSPS) is 11.1. The van der Waals surface area contributed by atoms with Crippen LogP contribution in [0.25, 0.3) is 16.8 Å². The van der Waals surface area contributed by atoms with E-state index >= 15 is 0 Å². The SMILES string of the molecule is COCc1cn(-c2noc3c(F)cc(C=O)cc23)c(=O)s1. The number of nitrogens with zero attached hydrogens (tertiary/aromatic N) is 2. The number of ether oxygens (including phenoxy) is 1. The van der Waals surface area contributed by atoms with Crippen molar-refractivity contribution in [2.24, 2.45) is 0 Å². The van der Waals surface area contributed by atoms with Crippen molar-refractivity contribution in [2.75, 3.05) is 7.11 Å². The molecule has 0 saturated heterocycles. The summed E-state index contributed by atoms with van der Waals surface area (Å²) in [6.45, 7) is 0.288. The maximum atomic E-state index is 13.8. The lowest BCUT2D eigenvalue weighted by atomic mass is 10.1. The molecule has 3 aromatic rings. The Labute approximate surface area is 121 Å². The molecule has 0 spiro atoms. The van der Waals surface area contributed by atoms with Crippen molar-refractivity contribution in [3.05, 3.63) is 44.3 Å². The number of halogens is 1. The van der Waals surface area contributed by atoms with Crippen LogP contribution in [0, 0.1) is 5.82 Å². The van der Waals surface area contributed by atoms with Gasteiger partial charge in [0.25, 0.3) is 0 Å². The number of hydrogen-bond acceptors (Lipinski definition) is 6. The maximum Gasteiger partial charge on any atom is 0.313 e. The smallest absolute Gasteiger partial charge is 0.313 e. The van der Waals surface area contributed by atoms with E-state index in [2.05, 4.69) is 5.16 Å². The predicted molar refractivity (Wildman–Crippen MR) is 73.5 cm³/mol. The third kappa shape index (κ3) is 2.28. The Kier molecular flexibility index (Phi) is 3.40. The molecule has 0 fully saturated rings. The highest BCUT2D eigenvalue weighted by Crippen LogP contribution is 2.25. The highest BCUT2D eigenvalue weighted by Gasteiger charge is 2.17. The number of thiazole rings is 1. The molecule has 0 aliphatic carbocycles. The summed E-state index contributed by atoms with van der Waals surface area (Å²) in [5.74, 6) is -0.551. The van der Waals surface area contributed by atoms with Gasteiger partial charge in [-0.25, -0.2) is 4.39 Å². The van der Waals surface area contributed by atoms with Crippen LogP contribution in [0.15, 0.2) is 27.6 Å². The van der Waals surface area contributed by atoms with Crippen molar-refractivity contribution in [1.29, 1.82) is 0 Å². The molecule has 0 atom stereocenters. The first-order chi connectivity index (χ1) is 10.1. The van der Waals surface area contributed by atoms with Gasteiger partial charge in [-0.05, 0) is 12.1 Å². The van der Waals surface area contributed by atoms with Gasteiger partial charge in [-0.1, -0.05) is 16.5 Å². The van der Waals surface area contributed by atoms with E-state index < -0.39 is 5.82 Å². The summed E-state index contributed by atoms with van der Waals surface area (Å²) in [6.07, 6.45) is 2.07. The van der Waals surface area contributed by atoms with Gasteiger partial charge in [0.05, 0.1) is 16.9 Å². The van der Waals surface area contributed by atoms with Crippen LogP contribution in [-0.2, 0) is 11.3 Å². The van der Waals surface area contributed by atoms with E-state index in [1.807, 2.05) is 0 Å². The van der Waals surface area contributed by atoms with Crippen molar-refractivity contribution in [2.45, 2.75) is 6.61 Å². The van der Waals surface area contributed by atoms with Gasteiger partial charge >= 0.3 is 4.87 Å². The van der Waals surface area contributed by atoms with Gasteiger partial charge in [0.15, 0.2) is 11.6 Å². The van der Waals surface area contributed by atoms with Crippen LogP contribution in [-0.4, -0.2) is 23.1 Å². The fourth-order valence-corrected chi connectivity index (χ4v) is 2.79. The van der Waals surface area contributed by atoms with E-state index in [-0.39, 0.29) is 33.8 Å². The first-order valence-electron chi connectivity index (χ1n) is 5.89. The number of aldehydes is 1. The number of fused-ring (bicyclic) bond motifs is 1. The zero-order valence-corrected chi connectivity index (χ0v) is 11.6. The average Bonchev–Trinajstić information content (AvgIpc) is 3.02. The molecular formula is C13H9FN2O4S. The summed E-state index contributed by atoms with van der Waals surface area (Å²) in [7, 11) is 1.52. The molecular weight excluding hydrogens is 299 g/mol. The Balaban J connectivity index is 2.23. The number of rotatable bonds is 4. The molecule has 2 heterocycles. The zero-order valence-electron chi connectivity index (χ0n) is 10.8. The Bertz CT molecular complexity index is 880. The molecule has 6 nitrogen and oxygen atoms in total. The summed E-state index contributed by atoms with van der Waals surface area (Å²) in [6, 6.07) is 2.48. The van der Waals surface area contributed by atoms with Crippen LogP contribution in [0.2, 0.25) is 0 Å². The fourth-order valence-electron chi connectivity index (χ4n) is 1.99. The van der Waals surface area contributed by atoms with Gasteiger partial charge < -0.3 is 9.26 Å². The minimum Gasteiger partial charge on any atom is -0.379 e. The minimum absolute atomic E-state index is 0.0954.